The first kappa shape index (κ1) is 12.5. The average molecular weight is 277 g/mol. The number of amides is 1. The predicted molar refractivity (Wildman–Crippen MR) is 74.2 cm³/mol. The zero-order valence-corrected chi connectivity index (χ0v) is 11.3. The number of carbonyl (C=O) groups is 1. The van der Waals surface area contributed by atoms with Crippen molar-refractivity contribution in [1.29, 1.82) is 0 Å². The highest BCUT2D eigenvalue weighted by Crippen LogP contribution is 2.28. The van der Waals surface area contributed by atoms with Crippen molar-refractivity contribution in [3.63, 3.8) is 0 Å². The molecule has 19 heavy (non-hydrogen) atoms. The number of pyridine rings is 1. The standard InChI is InChI=1S/C13H15N3O2S/c17-13(16-5-7-19-8-6-16)11-12(18-9-15-11)10-1-3-14-4-2-10/h1-4,9,11-12H,5-8H2. The molecule has 2 atom stereocenters. The minimum atomic E-state index is -0.453. The molecule has 0 aliphatic carbocycles. The third-order valence-electron chi connectivity index (χ3n) is 3.33. The van der Waals surface area contributed by atoms with E-state index in [-0.39, 0.29) is 12.0 Å². The number of aliphatic imine (C=N–C) groups is 1. The first-order valence-corrected chi connectivity index (χ1v) is 7.45. The van der Waals surface area contributed by atoms with Gasteiger partial charge in [0.1, 0.15) is 0 Å². The van der Waals surface area contributed by atoms with Crippen molar-refractivity contribution >= 4 is 24.1 Å². The van der Waals surface area contributed by atoms with Crippen molar-refractivity contribution in [1.82, 2.24) is 9.88 Å². The topological polar surface area (TPSA) is 54.8 Å². The second-order valence-corrected chi connectivity index (χ2v) is 5.70. The van der Waals surface area contributed by atoms with Crippen LogP contribution in [0.2, 0.25) is 0 Å². The summed E-state index contributed by atoms with van der Waals surface area (Å²) in [6.45, 7) is 1.61. The highest BCUT2D eigenvalue weighted by atomic mass is 32.2. The fraction of sp³-hybridized carbons (Fsp3) is 0.462. The van der Waals surface area contributed by atoms with Crippen molar-refractivity contribution in [3.8, 4) is 0 Å². The summed E-state index contributed by atoms with van der Waals surface area (Å²) in [4.78, 5) is 22.6. The number of thioether (sulfide) groups is 1. The minimum Gasteiger partial charge on any atom is -0.473 e. The van der Waals surface area contributed by atoms with Crippen LogP contribution in [0.1, 0.15) is 11.7 Å². The van der Waals surface area contributed by atoms with E-state index in [1.54, 1.807) is 12.4 Å². The van der Waals surface area contributed by atoms with Gasteiger partial charge in [0.25, 0.3) is 5.91 Å². The molecule has 1 amide bonds. The number of ether oxygens (including phenoxy) is 1. The molecular weight excluding hydrogens is 262 g/mol. The summed E-state index contributed by atoms with van der Waals surface area (Å²) in [5.41, 5.74) is 0.942. The van der Waals surface area contributed by atoms with Gasteiger partial charge in [-0.1, -0.05) is 0 Å². The molecule has 0 N–H and O–H groups in total. The zero-order chi connectivity index (χ0) is 13.1. The number of nitrogens with zero attached hydrogens (tertiary/aromatic N) is 3. The molecule has 2 unspecified atom stereocenters. The normalized spacial score (nSPS) is 26.2. The number of rotatable bonds is 2. The van der Waals surface area contributed by atoms with Crippen LogP contribution in [-0.2, 0) is 9.53 Å². The van der Waals surface area contributed by atoms with Crippen LogP contribution in [-0.4, -0.2) is 52.8 Å². The average Bonchev–Trinajstić information content (AvgIpc) is 2.98. The van der Waals surface area contributed by atoms with Crippen LogP contribution in [0.3, 0.4) is 0 Å². The highest BCUT2D eigenvalue weighted by Gasteiger charge is 2.36. The number of hydrogen-bond donors (Lipinski definition) is 0. The van der Waals surface area contributed by atoms with Crippen LogP contribution >= 0.6 is 11.8 Å². The molecule has 1 saturated heterocycles. The summed E-state index contributed by atoms with van der Waals surface area (Å²) in [6, 6.07) is 3.28. The summed E-state index contributed by atoms with van der Waals surface area (Å²) in [5.74, 6) is 2.07. The molecule has 1 aromatic rings. The molecule has 0 aromatic carbocycles. The van der Waals surface area contributed by atoms with Crippen LogP contribution in [0.5, 0.6) is 0 Å². The quantitative estimate of drug-likeness (QED) is 0.813. The van der Waals surface area contributed by atoms with Gasteiger partial charge in [0.05, 0.1) is 0 Å². The molecule has 0 spiro atoms. The smallest absolute Gasteiger partial charge is 0.251 e. The largest absolute Gasteiger partial charge is 0.473 e. The Morgan fingerprint density at radius 3 is 2.79 bits per heavy atom. The Morgan fingerprint density at radius 2 is 2.05 bits per heavy atom. The first-order valence-electron chi connectivity index (χ1n) is 6.30. The summed E-state index contributed by atoms with van der Waals surface area (Å²) in [7, 11) is 0. The SMILES string of the molecule is O=C(C1N=COC1c1ccncc1)N1CCSCC1. The van der Waals surface area contributed by atoms with E-state index in [1.165, 1.54) is 6.40 Å². The molecule has 2 aliphatic rings. The Balaban J connectivity index is 1.75. The fourth-order valence-corrected chi connectivity index (χ4v) is 3.20. The molecule has 3 rings (SSSR count). The van der Waals surface area contributed by atoms with Crippen LogP contribution in [0, 0.1) is 0 Å². The van der Waals surface area contributed by atoms with Crippen molar-refractivity contribution in [2.75, 3.05) is 24.6 Å². The molecule has 3 heterocycles. The molecule has 0 radical (unpaired) electrons. The first-order chi connectivity index (χ1) is 9.36. The molecule has 0 saturated carbocycles. The molecule has 2 aliphatic heterocycles. The lowest BCUT2D eigenvalue weighted by Crippen LogP contribution is -2.44. The lowest BCUT2D eigenvalue weighted by molar-refractivity contribution is -0.133. The lowest BCUT2D eigenvalue weighted by Gasteiger charge is -2.29. The Bertz CT molecular complexity index is 474. The molecule has 1 aromatic heterocycles. The Kier molecular flexibility index (Phi) is 3.68. The summed E-state index contributed by atoms with van der Waals surface area (Å²) < 4.78 is 5.49. The highest BCUT2D eigenvalue weighted by molar-refractivity contribution is 7.99. The lowest BCUT2D eigenvalue weighted by atomic mass is 10.0. The van der Waals surface area contributed by atoms with E-state index >= 15 is 0 Å². The predicted octanol–water partition coefficient (Wildman–Crippen LogP) is 1.13. The van der Waals surface area contributed by atoms with Gasteiger partial charge in [0, 0.05) is 37.0 Å². The van der Waals surface area contributed by atoms with Crippen LogP contribution in [0.25, 0.3) is 0 Å². The van der Waals surface area contributed by atoms with Gasteiger partial charge in [0.15, 0.2) is 18.5 Å². The zero-order valence-electron chi connectivity index (χ0n) is 10.4. The Morgan fingerprint density at radius 1 is 1.32 bits per heavy atom. The molecule has 1 fully saturated rings. The van der Waals surface area contributed by atoms with E-state index in [9.17, 15) is 4.79 Å². The van der Waals surface area contributed by atoms with Gasteiger partial charge in [-0.15, -0.1) is 0 Å². The number of hydrogen-bond acceptors (Lipinski definition) is 5. The maximum atomic E-state index is 12.5. The van der Waals surface area contributed by atoms with Crippen LogP contribution in [0.15, 0.2) is 29.5 Å². The van der Waals surface area contributed by atoms with Gasteiger partial charge in [0.2, 0.25) is 0 Å². The summed E-state index contributed by atoms with van der Waals surface area (Å²) in [5, 5.41) is 0. The van der Waals surface area contributed by atoms with E-state index in [2.05, 4.69) is 9.98 Å². The number of aromatic nitrogens is 1. The molecule has 0 bridgehead atoms. The van der Waals surface area contributed by atoms with Crippen molar-refractivity contribution in [3.05, 3.63) is 30.1 Å². The van der Waals surface area contributed by atoms with Gasteiger partial charge in [-0.3, -0.25) is 9.78 Å². The van der Waals surface area contributed by atoms with Gasteiger partial charge >= 0.3 is 0 Å². The third kappa shape index (κ3) is 2.58. The maximum absolute atomic E-state index is 12.5. The van der Waals surface area contributed by atoms with Crippen molar-refractivity contribution in [2.45, 2.75) is 12.1 Å². The summed E-state index contributed by atoms with van der Waals surface area (Å²) >= 11 is 1.88. The van der Waals surface area contributed by atoms with Crippen molar-refractivity contribution in [2.24, 2.45) is 4.99 Å². The van der Waals surface area contributed by atoms with E-state index in [4.69, 9.17) is 4.74 Å². The second kappa shape index (κ2) is 5.61. The Labute approximate surface area is 116 Å². The Hall–Kier alpha value is -1.56. The molecular formula is C13H15N3O2S. The van der Waals surface area contributed by atoms with E-state index in [0.29, 0.717) is 0 Å². The van der Waals surface area contributed by atoms with E-state index in [0.717, 1.165) is 30.2 Å². The maximum Gasteiger partial charge on any atom is 0.251 e. The van der Waals surface area contributed by atoms with E-state index < -0.39 is 6.04 Å². The number of carbonyl (C=O) groups excluding carboxylic acids is 1. The van der Waals surface area contributed by atoms with Crippen LogP contribution in [0.4, 0.5) is 0 Å². The van der Waals surface area contributed by atoms with Gasteiger partial charge in [-0.05, 0) is 17.7 Å². The second-order valence-electron chi connectivity index (χ2n) is 4.47. The van der Waals surface area contributed by atoms with Gasteiger partial charge in [-0.25, -0.2) is 4.99 Å². The van der Waals surface area contributed by atoms with E-state index in [1.807, 2.05) is 28.8 Å². The van der Waals surface area contributed by atoms with Gasteiger partial charge in [-0.2, -0.15) is 11.8 Å². The van der Waals surface area contributed by atoms with Crippen LogP contribution < -0.4 is 0 Å². The monoisotopic (exact) mass is 277 g/mol. The molecule has 6 heteroatoms. The minimum absolute atomic E-state index is 0.0656. The van der Waals surface area contributed by atoms with Gasteiger partial charge < -0.3 is 9.64 Å². The molecule has 100 valence electrons. The third-order valence-corrected chi connectivity index (χ3v) is 4.27. The fourth-order valence-electron chi connectivity index (χ4n) is 2.30. The van der Waals surface area contributed by atoms with Crippen molar-refractivity contribution < 1.29 is 9.53 Å². The summed E-state index contributed by atoms with van der Waals surface area (Å²) in [6.07, 6.45) is 4.49. The molecule has 5 nitrogen and oxygen atoms in total.